The standard InChI is InChI=1S/C32H33FN4O4S/c1-20-17-36(10-11-37(20)31(40)19-38)18-23-4-6-26(35-16-23)30-15-27-32(42-30)29(8-9-34-27)41-28-7-5-22(14-25(28)33)13-24(39)12-21-2-3-21/h4-9,14-16,20-21,38H,2-3,10-13,17-19H2,1H3/t20-/m1/s1. The Bertz CT molecular complexity index is 1600. The zero-order valence-electron chi connectivity index (χ0n) is 23.5. The summed E-state index contributed by atoms with van der Waals surface area (Å²) >= 11 is 1.49. The number of aliphatic hydroxyl groups excluding tert-OH is 1. The quantitative estimate of drug-likeness (QED) is 0.271. The summed E-state index contributed by atoms with van der Waals surface area (Å²) in [6.07, 6.45) is 6.58. The van der Waals surface area contributed by atoms with Gasteiger partial charge in [-0.05, 0) is 61.1 Å². The number of pyridine rings is 2. The van der Waals surface area contributed by atoms with E-state index in [2.05, 4.69) is 16.0 Å². The molecule has 0 unspecified atom stereocenters. The maximum atomic E-state index is 14.9. The van der Waals surface area contributed by atoms with Crippen molar-refractivity contribution in [1.82, 2.24) is 19.8 Å². The normalized spacial score (nSPS) is 17.5. The molecule has 218 valence electrons. The van der Waals surface area contributed by atoms with Crippen molar-refractivity contribution >= 4 is 33.2 Å². The second-order valence-electron chi connectivity index (χ2n) is 11.2. The van der Waals surface area contributed by atoms with Gasteiger partial charge in [0, 0.05) is 63.5 Å². The molecule has 42 heavy (non-hydrogen) atoms. The summed E-state index contributed by atoms with van der Waals surface area (Å²) in [7, 11) is 0. The van der Waals surface area contributed by atoms with Crippen molar-refractivity contribution in [3.63, 3.8) is 0 Å². The first kappa shape index (κ1) is 28.4. The van der Waals surface area contributed by atoms with Crippen LogP contribution in [0.1, 0.15) is 37.3 Å². The van der Waals surface area contributed by atoms with Crippen LogP contribution in [0.5, 0.6) is 11.5 Å². The van der Waals surface area contributed by atoms with E-state index in [0.717, 1.165) is 58.8 Å². The molecule has 0 radical (unpaired) electrons. The average molecular weight is 589 g/mol. The van der Waals surface area contributed by atoms with Crippen LogP contribution < -0.4 is 4.74 Å². The molecule has 1 saturated carbocycles. The van der Waals surface area contributed by atoms with Crippen molar-refractivity contribution in [2.75, 3.05) is 26.2 Å². The van der Waals surface area contributed by atoms with Gasteiger partial charge in [0.1, 0.15) is 18.1 Å². The molecule has 1 aliphatic carbocycles. The molecule has 1 atom stereocenters. The smallest absolute Gasteiger partial charge is 0.248 e. The van der Waals surface area contributed by atoms with Crippen LogP contribution in [-0.4, -0.2) is 68.8 Å². The highest BCUT2D eigenvalue weighted by molar-refractivity contribution is 7.22. The van der Waals surface area contributed by atoms with Gasteiger partial charge in [0.15, 0.2) is 11.6 Å². The zero-order valence-corrected chi connectivity index (χ0v) is 24.3. The molecule has 3 aromatic heterocycles. The first-order valence-electron chi connectivity index (χ1n) is 14.3. The monoisotopic (exact) mass is 588 g/mol. The Balaban J connectivity index is 1.12. The molecule has 6 rings (SSSR count). The fourth-order valence-electron chi connectivity index (χ4n) is 5.48. The molecule has 4 aromatic rings. The number of amides is 1. The molecule has 0 spiro atoms. The molecule has 2 fully saturated rings. The second kappa shape index (κ2) is 12.2. The highest BCUT2D eigenvalue weighted by Gasteiger charge is 2.27. The molecule has 0 bridgehead atoms. The summed E-state index contributed by atoms with van der Waals surface area (Å²) in [6.45, 7) is 4.34. The van der Waals surface area contributed by atoms with Gasteiger partial charge in [0.25, 0.3) is 0 Å². The zero-order chi connectivity index (χ0) is 29.2. The Hall–Kier alpha value is -3.73. The van der Waals surface area contributed by atoms with Gasteiger partial charge in [-0.25, -0.2) is 4.39 Å². The van der Waals surface area contributed by atoms with Crippen LogP contribution in [0.15, 0.2) is 54.9 Å². The lowest BCUT2D eigenvalue weighted by atomic mass is 10.0. The number of halogens is 1. The fourth-order valence-corrected chi connectivity index (χ4v) is 6.52. The Morgan fingerprint density at radius 3 is 2.62 bits per heavy atom. The molecule has 8 nitrogen and oxygen atoms in total. The van der Waals surface area contributed by atoms with E-state index in [-0.39, 0.29) is 29.9 Å². The lowest BCUT2D eigenvalue weighted by Gasteiger charge is -2.39. The van der Waals surface area contributed by atoms with Crippen LogP contribution in [0.3, 0.4) is 0 Å². The van der Waals surface area contributed by atoms with E-state index in [1.807, 2.05) is 25.3 Å². The number of aliphatic hydroxyl groups is 1. The summed E-state index contributed by atoms with van der Waals surface area (Å²) in [6, 6.07) is 12.5. The topological polar surface area (TPSA) is 95.9 Å². The maximum Gasteiger partial charge on any atom is 0.248 e. The number of aromatic nitrogens is 2. The lowest BCUT2D eigenvalue weighted by molar-refractivity contribution is -0.138. The van der Waals surface area contributed by atoms with Crippen molar-refractivity contribution in [1.29, 1.82) is 0 Å². The van der Waals surface area contributed by atoms with Crippen LogP contribution >= 0.6 is 11.3 Å². The third-order valence-corrected chi connectivity index (χ3v) is 9.02. The van der Waals surface area contributed by atoms with E-state index in [1.165, 1.54) is 17.4 Å². The molecular weight excluding hydrogens is 555 g/mol. The predicted octanol–water partition coefficient (Wildman–Crippen LogP) is 5.23. The molecule has 1 saturated heterocycles. The van der Waals surface area contributed by atoms with E-state index in [0.29, 0.717) is 30.2 Å². The van der Waals surface area contributed by atoms with Crippen molar-refractivity contribution in [3.05, 3.63) is 71.8 Å². The SMILES string of the molecule is C[C@@H]1CN(Cc2ccc(-c3cc4nccc(Oc5ccc(CC(=O)CC6CC6)cc5F)c4s3)nc2)CCN1C(=O)CO. The number of piperazine rings is 1. The van der Waals surface area contributed by atoms with Crippen molar-refractivity contribution in [2.45, 2.75) is 45.2 Å². The molecule has 1 N–H and O–H groups in total. The summed E-state index contributed by atoms with van der Waals surface area (Å²) in [4.78, 5) is 38.2. The molecular formula is C32H33FN4O4S. The van der Waals surface area contributed by atoms with Gasteiger partial charge in [-0.2, -0.15) is 0 Å². The minimum absolute atomic E-state index is 0.0423. The second-order valence-corrected chi connectivity index (χ2v) is 12.3. The van der Waals surface area contributed by atoms with Crippen molar-refractivity contribution in [3.8, 4) is 22.1 Å². The van der Waals surface area contributed by atoms with Crippen LogP contribution in [0.4, 0.5) is 4.39 Å². The van der Waals surface area contributed by atoms with E-state index in [9.17, 15) is 19.1 Å². The number of benzene rings is 1. The highest BCUT2D eigenvalue weighted by Crippen LogP contribution is 2.39. The number of Topliss-reactive ketones (excluding diaryl/α,β-unsaturated/α-hetero) is 1. The molecule has 2 aliphatic rings. The van der Waals surface area contributed by atoms with Crippen LogP contribution in [-0.2, 0) is 22.6 Å². The lowest BCUT2D eigenvalue weighted by Crippen LogP contribution is -2.54. The van der Waals surface area contributed by atoms with Crippen LogP contribution in [0.2, 0.25) is 0 Å². The van der Waals surface area contributed by atoms with Gasteiger partial charge in [0.05, 0.1) is 20.8 Å². The predicted molar refractivity (Wildman–Crippen MR) is 159 cm³/mol. The van der Waals surface area contributed by atoms with Gasteiger partial charge in [-0.1, -0.05) is 12.1 Å². The third kappa shape index (κ3) is 6.51. The largest absolute Gasteiger partial charge is 0.453 e. The average Bonchev–Trinajstić information content (AvgIpc) is 3.68. The number of rotatable bonds is 10. The Morgan fingerprint density at radius 1 is 1.07 bits per heavy atom. The number of hydrogen-bond donors (Lipinski definition) is 1. The summed E-state index contributed by atoms with van der Waals surface area (Å²) in [5.41, 5.74) is 3.28. The number of ketones is 1. The number of carbonyl (C=O) groups excluding carboxylic acids is 2. The van der Waals surface area contributed by atoms with Crippen molar-refractivity contribution in [2.24, 2.45) is 5.92 Å². The van der Waals surface area contributed by atoms with Gasteiger partial charge in [-0.3, -0.25) is 24.5 Å². The summed E-state index contributed by atoms with van der Waals surface area (Å²) < 4.78 is 21.7. The third-order valence-electron chi connectivity index (χ3n) is 7.86. The number of nitrogens with zero attached hydrogens (tertiary/aromatic N) is 4. The van der Waals surface area contributed by atoms with E-state index in [1.54, 1.807) is 29.3 Å². The number of carbonyl (C=O) groups is 2. The highest BCUT2D eigenvalue weighted by atomic mass is 32.1. The van der Waals surface area contributed by atoms with E-state index < -0.39 is 12.4 Å². The van der Waals surface area contributed by atoms with Gasteiger partial charge < -0.3 is 14.7 Å². The van der Waals surface area contributed by atoms with Gasteiger partial charge >= 0.3 is 0 Å². The summed E-state index contributed by atoms with van der Waals surface area (Å²) in [5, 5.41) is 9.17. The van der Waals surface area contributed by atoms with E-state index >= 15 is 0 Å². The summed E-state index contributed by atoms with van der Waals surface area (Å²) in [5.74, 6) is 0.562. The minimum Gasteiger partial charge on any atom is -0.453 e. The number of ether oxygens (including phenoxy) is 1. The number of hydrogen-bond acceptors (Lipinski definition) is 8. The first-order valence-corrected chi connectivity index (χ1v) is 15.1. The Kier molecular flexibility index (Phi) is 8.28. The molecule has 1 aromatic carbocycles. The number of thiophene rings is 1. The van der Waals surface area contributed by atoms with Gasteiger partial charge in [-0.15, -0.1) is 11.3 Å². The molecule has 10 heteroatoms. The maximum absolute atomic E-state index is 14.9. The van der Waals surface area contributed by atoms with Gasteiger partial charge in [0.2, 0.25) is 5.91 Å². The van der Waals surface area contributed by atoms with Crippen molar-refractivity contribution < 1.29 is 23.8 Å². The Morgan fingerprint density at radius 2 is 1.90 bits per heavy atom. The van der Waals surface area contributed by atoms with E-state index in [4.69, 9.17) is 9.72 Å². The Labute approximate surface area is 247 Å². The molecule has 4 heterocycles. The molecule has 1 aliphatic heterocycles. The fraction of sp³-hybridized carbons (Fsp3) is 0.375. The van der Waals surface area contributed by atoms with Crippen LogP contribution in [0, 0.1) is 11.7 Å². The number of fused-ring (bicyclic) bond motifs is 1. The van der Waals surface area contributed by atoms with Crippen LogP contribution in [0.25, 0.3) is 20.8 Å². The first-order chi connectivity index (χ1) is 20.4. The minimum atomic E-state index is -0.499. The molecule has 1 amide bonds.